The predicted molar refractivity (Wildman–Crippen MR) is 167 cm³/mol. The van der Waals surface area contributed by atoms with E-state index < -0.39 is 22.8 Å². The van der Waals surface area contributed by atoms with Crippen LogP contribution in [0.3, 0.4) is 0 Å². The number of benzene rings is 1. The minimum absolute atomic E-state index is 0.00617. The molecule has 1 aliphatic carbocycles. The van der Waals surface area contributed by atoms with Crippen molar-refractivity contribution in [1.82, 2.24) is 16.0 Å². The van der Waals surface area contributed by atoms with Gasteiger partial charge < -0.3 is 31.5 Å². The number of amides is 2. The van der Waals surface area contributed by atoms with E-state index in [0.29, 0.717) is 24.2 Å². The number of likely N-dealkylation sites (N-methyl/N-ethyl adjacent to an activating group) is 1. The first-order chi connectivity index (χ1) is 20.4. The number of carboxylic acids is 1. The molecule has 1 fully saturated rings. The fraction of sp³-hybridized carbons (Fsp3) is 0.600. The molecule has 13 heteroatoms. The lowest BCUT2D eigenvalue weighted by molar-refractivity contribution is -0.384. The molecule has 0 saturated heterocycles. The number of non-ortho nitro benzene ring substituents is 1. The summed E-state index contributed by atoms with van der Waals surface area (Å²) in [5.41, 5.74) is 7.92. The minimum atomic E-state index is -1.04. The predicted octanol–water partition coefficient (Wildman–Crippen LogP) is 3.87. The molecule has 0 heterocycles. The Labute approximate surface area is 255 Å². The third-order valence-corrected chi connectivity index (χ3v) is 6.11. The molecule has 6 N–H and O–H groups in total. The highest BCUT2D eigenvalue weighted by molar-refractivity contribution is 5.86. The average molecular weight is 610 g/mol. The minimum Gasteiger partial charge on any atom is -0.493 e. The zero-order chi connectivity index (χ0) is 33.7. The van der Waals surface area contributed by atoms with Gasteiger partial charge in [0.05, 0.1) is 42.1 Å². The maximum Gasteiger partial charge on any atom is 0.305 e. The fourth-order valence-corrected chi connectivity index (χ4v) is 3.77. The highest BCUT2D eigenvalue weighted by Gasteiger charge is 2.31. The molecule has 3 unspecified atom stereocenters. The second-order valence-corrected chi connectivity index (χ2v) is 9.14. The van der Waals surface area contributed by atoms with Crippen molar-refractivity contribution in [1.29, 1.82) is 0 Å². The Hall–Kier alpha value is -4.00. The van der Waals surface area contributed by atoms with Gasteiger partial charge in [-0.25, -0.2) is 0 Å². The van der Waals surface area contributed by atoms with Crippen molar-refractivity contribution in [3.8, 4) is 5.75 Å². The Bertz CT molecular complexity index is 1080. The first kappa shape index (κ1) is 41.1. The van der Waals surface area contributed by atoms with E-state index in [1.807, 2.05) is 41.5 Å². The van der Waals surface area contributed by atoms with Crippen LogP contribution in [-0.4, -0.2) is 66.4 Å². The maximum absolute atomic E-state index is 12.4. The summed E-state index contributed by atoms with van der Waals surface area (Å²) in [6.45, 7) is 15.9. The number of aliphatic carboxylic acids is 1. The van der Waals surface area contributed by atoms with Crippen LogP contribution in [0.5, 0.6) is 5.75 Å². The van der Waals surface area contributed by atoms with Gasteiger partial charge in [0.15, 0.2) is 6.29 Å². The van der Waals surface area contributed by atoms with Gasteiger partial charge in [0, 0.05) is 17.8 Å². The van der Waals surface area contributed by atoms with E-state index in [0.717, 1.165) is 25.0 Å². The van der Waals surface area contributed by atoms with Gasteiger partial charge in [-0.2, -0.15) is 0 Å². The number of ether oxygens (including phenoxy) is 1. The number of rotatable bonds is 15. The Kier molecular flexibility index (Phi) is 21.6. The van der Waals surface area contributed by atoms with Crippen molar-refractivity contribution in [2.45, 2.75) is 93.2 Å². The molecule has 0 radical (unpaired) electrons. The molecule has 0 aromatic heterocycles. The monoisotopic (exact) mass is 609 g/mol. The standard InChI is InChI=1S/C16H28N4O4.C10H11NO4.2C2H6/c1-4-9(2)14(15(10-5-6-10)19-8-12(17)21)20-16(24)11(18-3)7-13(22)23;1-3-15-10-7(2)4-9(11(13)14)5-8(10)6-12;2*1-2/h9,11,14,18-19H,4-8H2,1-3H3,(H2,17,21)(H,20,24)(H,22,23);4-6H,3H2,1-2H3;2*1-2H3. The second kappa shape index (κ2) is 22.6. The summed E-state index contributed by atoms with van der Waals surface area (Å²) in [6, 6.07) is 1.49. The van der Waals surface area contributed by atoms with E-state index in [-0.39, 0.29) is 42.1 Å². The third kappa shape index (κ3) is 15.2. The highest BCUT2D eigenvalue weighted by atomic mass is 16.6. The van der Waals surface area contributed by atoms with Crippen molar-refractivity contribution in [3.05, 3.63) is 44.6 Å². The summed E-state index contributed by atoms with van der Waals surface area (Å²) in [6.07, 6.45) is 2.94. The van der Waals surface area contributed by atoms with E-state index in [1.54, 1.807) is 20.9 Å². The lowest BCUT2D eigenvalue weighted by atomic mass is 9.94. The normalized spacial score (nSPS) is 13.0. The number of nitrogens with zero attached hydrogens (tertiary/aromatic N) is 1. The van der Waals surface area contributed by atoms with Crippen LogP contribution >= 0.6 is 0 Å². The largest absolute Gasteiger partial charge is 0.493 e. The first-order valence-corrected chi connectivity index (χ1v) is 14.7. The molecule has 43 heavy (non-hydrogen) atoms. The van der Waals surface area contributed by atoms with Gasteiger partial charge in [-0.1, -0.05) is 48.0 Å². The molecule has 0 aliphatic heterocycles. The second-order valence-electron chi connectivity index (χ2n) is 9.14. The SMILES string of the molecule is CC.CC.CCC(C)C(NC(=O)C(CC(=O)O)NC)C(NCC(N)=O)=C1CC1.CCOc1c(C)cc([N+](=O)[O-])cc1C=O. The van der Waals surface area contributed by atoms with E-state index in [2.05, 4.69) is 16.0 Å². The number of nitro benzene ring substituents is 1. The van der Waals surface area contributed by atoms with Crippen molar-refractivity contribution >= 4 is 29.8 Å². The Morgan fingerprint density at radius 1 is 1.16 bits per heavy atom. The van der Waals surface area contributed by atoms with E-state index in [4.69, 9.17) is 15.6 Å². The number of carboxylic acid groups (broad SMARTS) is 1. The van der Waals surface area contributed by atoms with E-state index in [1.165, 1.54) is 17.7 Å². The molecule has 1 aliphatic rings. The Morgan fingerprint density at radius 3 is 2.14 bits per heavy atom. The number of aryl methyl sites for hydroxylation is 1. The third-order valence-electron chi connectivity index (χ3n) is 6.11. The lowest BCUT2D eigenvalue weighted by Gasteiger charge is -2.29. The van der Waals surface area contributed by atoms with Gasteiger partial charge in [0.25, 0.3) is 5.69 Å². The molecule has 3 atom stereocenters. The lowest BCUT2D eigenvalue weighted by Crippen LogP contribution is -2.52. The topological polar surface area (TPSA) is 203 Å². The number of allylic oxidation sites excluding steroid dienone is 1. The van der Waals surface area contributed by atoms with E-state index >= 15 is 0 Å². The summed E-state index contributed by atoms with van der Waals surface area (Å²) in [4.78, 5) is 55.1. The first-order valence-electron chi connectivity index (χ1n) is 14.7. The van der Waals surface area contributed by atoms with Gasteiger partial charge in [-0.3, -0.25) is 29.3 Å². The van der Waals surface area contributed by atoms with Crippen LogP contribution in [0.1, 0.15) is 90.1 Å². The molecule has 0 spiro atoms. The number of carbonyl (C=O) groups is 4. The molecule has 1 saturated carbocycles. The van der Waals surface area contributed by atoms with E-state index in [9.17, 15) is 29.3 Å². The van der Waals surface area contributed by atoms with Crippen molar-refractivity contribution in [2.24, 2.45) is 11.7 Å². The zero-order valence-corrected chi connectivity index (χ0v) is 27.0. The number of nitrogens with two attached hydrogens (primary N) is 1. The van der Waals surface area contributed by atoms with Crippen LogP contribution in [0, 0.1) is 23.0 Å². The van der Waals surface area contributed by atoms with Gasteiger partial charge in [0.1, 0.15) is 5.75 Å². The fourth-order valence-electron chi connectivity index (χ4n) is 3.77. The van der Waals surface area contributed by atoms with Crippen LogP contribution in [0.2, 0.25) is 0 Å². The summed E-state index contributed by atoms with van der Waals surface area (Å²) in [5.74, 6) is -1.35. The molecule has 2 rings (SSSR count). The number of nitrogens with one attached hydrogen (secondary N) is 3. The maximum atomic E-state index is 12.4. The molecule has 2 amide bonds. The van der Waals surface area contributed by atoms with Crippen LogP contribution in [-0.2, 0) is 14.4 Å². The average Bonchev–Trinajstić information content (AvgIpc) is 3.83. The number of nitro groups is 1. The van der Waals surface area contributed by atoms with Gasteiger partial charge >= 0.3 is 5.97 Å². The van der Waals surface area contributed by atoms with Gasteiger partial charge in [-0.05, 0) is 50.8 Å². The molecule has 1 aromatic carbocycles. The molecule has 1 aromatic rings. The van der Waals surface area contributed by atoms with Crippen molar-refractivity contribution in [2.75, 3.05) is 20.2 Å². The van der Waals surface area contributed by atoms with Crippen molar-refractivity contribution < 1.29 is 33.9 Å². The number of primary amides is 1. The van der Waals surface area contributed by atoms with Crippen molar-refractivity contribution in [3.63, 3.8) is 0 Å². The number of aldehydes is 1. The highest BCUT2D eigenvalue weighted by Crippen LogP contribution is 2.34. The summed E-state index contributed by atoms with van der Waals surface area (Å²) >= 11 is 0. The zero-order valence-electron chi connectivity index (χ0n) is 27.0. The summed E-state index contributed by atoms with van der Waals surface area (Å²) in [7, 11) is 1.55. The molecular formula is C30H51N5O8. The van der Waals surface area contributed by atoms with Gasteiger partial charge in [-0.15, -0.1) is 0 Å². The quantitative estimate of drug-likeness (QED) is 0.110. The Morgan fingerprint density at radius 2 is 1.74 bits per heavy atom. The number of hydrogen-bond donors (Lipinski definition) is 5. The van der Waals surface area contributed by atoms with Crippen LogP contribution in [0.25, 0.3) is 0 Å². The summed E-state index contributed by atoms with van der Waals surface area (Å²) in [5, 5.41) is 28.2. The van der Waals surface area contributed by atoms with Crippen LogP contribution < -0.4 is 26.4 Å². The van der Waals surface area contributed by atoms with Crippen LogP contribution in [0.15, 0.2) is 23.4 Å². The number of carbonyl (C=O) groups excluding carboxylic acids is 3. The molecular weight excluding hydrogens is 558 g/mol. The van der Waals surface area contributed by atoms with Crippen LogP contribution in [0.4, 0.5) is 5.69 Å². The molecule has 13 nitrogen and oxygen atoms in total. The molecule has 0 bridgehead atoms. The number of hydrogen-bond acceptors (Lipinski definition) is 9. The summed E-state index contributed by atoms with van der Waals surface area (Å²) < 4.78 is 5.24. The van der Waals surface area contributed by atoms with Gasteiger partial charge in [0.2, 0.25) is 11.8 Å². The smallest absolute Gasteiger partial charge is 0.305 e. The Balaban J connectivity index is 0. The molecule has 244 valence electrons.